The fourth-order valence-corrected chi connectivity index (χ4v) is 11.3. The molecule has 7 fully saturated rings. The van der Waals surface area contributed by atoms with Crippen molar-refractivity contribution < 1.29 is 44.8 Å². The van der Waals surface area contributed by atoms with Crippen LogP contribution in [0.5, 0.6) is 0 Å². The fourth-order valence-electron chi connectivity index (χ4n) is 11.3. The van der Waals surface area contributed by atoms with Crippen LogP contribution >= 0.6 is 0 Å². The summed E-state index contributed by atoms with van der Waals surface area (Å²) < 4.78 is 17.9. The van der Waals surface area contributed by atoms with E-state index in [1.165, 1.54) is 44.9 Å². The number of hydrogen-bond acceptors (Lipinski definition) is 9. The minimum Gasteiger partial charge on any atom is -0.394 e. The number of aliphatic hydroxyl groups excluding tert-OH is 6. The van der Waals surface area contributed by atoms with Crippen molar-refractivity contribution in [1.29, 1.82) is 0 Å². The second-order valence-electron chi connectivity index (χ2n) is 15.8. The Morgan fingerprint density at radius 1 is 0.762 bits per heavy atom. The van der Waals surface area contributed by atoms with Crippen LogP contribution in [-0.2, 0) is 14.2 Å². The molecule has 0 amide bonds. The number of hydrogen-bond donors (Lipinski definition) is 6. The van der Waals surface area contributed by atoms with Gasteiger partial charge in [-0.2, -0.15) is 0 Å². The van der Waals surface area contributed by atoms with Gasteiger partial charge in [0.25, 0.3) is 0 Å². The number of rotatable bonds is 1. The van der Waals surface area contributed by atoms with E-state index in [-0.39, 0.29) is 11.9 Å². The predicted octanol–water partition coefficient (Wildman–Crippen LogP) is 2.57. The summed E-state index contributed by atoms with van der Waals surface area (Å²) in [7, 11) is 0. The molecule has 4 aliphatic carbocycles. The Kier molecular flexibility index (Phi) is 8.63. The lowest BCUT2D eigenvalue weighted by molar-refractivity contribution is -0.286. The minimum atomic E-state index is -1.57. The van der Waals surface area contributed by atoms with Gasteiger partial charge >= 0.3 is 0 Å². The third-order valence-corrected chi connectivity index (χ3v) is 13.8. The van der Waals surface area contributed by atoms with Crippen molar-refractivity contribution in [2.45, 2.75) is 141 Å². The van der Waals surface area contributed by atoms with Gasteiger partial charge in [0.2, 0.25) is 0 Å². The Balaban J connectivity index is 0.000000223. The van der Waals surface area contributed by atoms with Crippen LogP contribution < -0.4 is 0 Å². The average molecular weight is 597 g/mol. The molecule has 17 atom stereocenters. The van der Waals surface area contributed by atoms with Gasteiger partial charge in [0.1, 0.15) is 24.4 Å². The first-order valence-corrected chi connectivity index (χ1v) is 16.8. The van der Waals surface area contributed by atoms with Gasteiger partial charge in [-0.15, -0.1) is 0 Å². The van der Waals surface area contributed by atoms with Gasteiger partial charge in [0, 0.05) is 12.3 Å². The van der Waals surface area contributed by atoms with Crippen molar-refractivity contribution in [1.82, 2.24) is 0 Å². The first-order chi connectivity index (χ1) is 19.8. The summed E-state index contributed by atoms with van der Waals surface area (Å²) in [5, 5.41) is 55.0. The molecule has 7 rings (SSSR count). The lowest BCUT2D eigenvalue weighted by Gasteiger charge is -2.61. The van der Waals surface area contributed by atoms with E-state index in [4.69, 9.17) is 35.0 Å². The van der Waals surface area contributed by atoms with E-state index < -0.39 is 37.3 Å². The van der Waals surface area contributed by atoms with Gasteiger partial charge in [-0.05, 0) is 104 Å². The molecule has 3 aliphatic heterocycles. The molecule has 7 aliphatic rings. The Morgan fingerprint density at radius 2 is 1.50 bits per heavy atom. The zero-order valence-corrected chi connectivity index (χ0v) is 26.0. The molecule has 0 bridgehead atoms. The maximum Gasteiger partial charge on any atom is 0.184 e. The first-order valence-electron chi connectivity index (χ1n) is 16.8. The topological polar surface area (TPSA) is 149 Å². The summed E-state index contributed by atoms with van der Waals surface area (Å²) in [6.07, 6.45) is 5.82. The Labute approximate surface area is 250 Å². The quantitative estimate of drug-likeness (QED) is 0.269. The normalized spacial score (nSPS) is 58.7. The molecule has 3 heterocycles. The zero-order chi connectivity index (χ0) is 30.2. The van der Waals surface area contributed by atoms with E-state index in [0.29, 0.717) is 34.7 Å². The van der Waals surface area contributed by atoms with Crippen molar-refractivity contribution in [3.63, 3.8) is 0 Å². The van der Waals surface area contributed by atoms with Gasteiger partial charge < -0.3 is 44.8 Å². The summed E-state index contributed by atoms with van der Waals surface area (Å²) in [6, 6.07) is 0. The van der Waals surface area contributed by atoms with Crippen molar-refractivity contribution in [3.05, 3.63) is 0 Å². The van der Waals surface area contributed by atoms with Gasteiger partial charge in [-0.3, -0.25) is 0 Å². The largest absolute Gasteiger partial charge is 0.394 e. The number of fused-ring (bicyclic) bond motifs is 7. The standard InChI is InChI=1S/C27H44O3.C6H12O6/c1-16-7-12-27(29-15-16)17(2)24-23(30-27)14-22-20-6-5-18-13-19(28)8-10-25(18,3)21(20)9-11-26(22,24)4;7-1-2-3(8)4(9)5(10)6(11)12-2/h16-24,28H,5-15H2,1-4H3;2-11H,1H2/t16-,17+,18+,19+,20-,21+,22+,23+,24+,25+,26+,27-;2-,3+,4+,5-,6-/m11/s1. The molecule has 42 heavy (non-hydrogen) atoms. The molecule has 3 saturated heterocycles. The number of ether oxygens (including phenoxy) is 3. The average Bonchev–Trinajstić information content (AvgIpc) is 3.41. The maximum absolute atomic E-state index is 10.3. The van der Waals surface area contributed by atoms with E-state index in [1.54, 1.807) is 0 Å². The molecule has 9 heteroatoms. The fraction of sp³-hybridized carbons (Fsp3) is 1.00. The summed E-state index contributed by atoms with van der Waals surface area (Å²) in [6.45, 7) is 10.4. The molecule has 0 radical (unpaired) electrons. The smallest absolute Gasteiger partial charge is 0.184 e. The van der Waals surface area contributed by atoms with Gasteiger partial charge in [-0.1, -0.05) is 27.7 Å². The third kappa shape index (κ3) is 4.92. The van der Waals surface area contributed by atoms with Crippen molar-refractivity contribution in [2.24, 2.45) is 52.3 Å². The van der Waals surface area contributed by atoms with Gasteiger partial charge in [-0.25, -0.2) is 0 Å². The summed E-state index contributed by atoms with van der Waals surface area (Å²) in [5.41, 5.74) is 0.899. The maximum atomic E-state index is 10.3. The van der Waals surface area contributed by atoms with Crippen LogP contribution in [0.4, 0.5) is 0 Å². The highest BCUT2D eigenvalue weighted by atomic mass is 16.7. The molecule has 4 saturated carbocycles. The van der Waals surface area contributed by atoms with E-state index >= 15 is 0 Å². The molecule has 0 aromatic carbocycles. The highest BCUT2D eigenvalue weighted by Gasteiger charge is 2.69. The second kappa shape index (κ2) is 11.5. The molecule has 0 unspecified atom stereocenters. The van der Waals surface area contributed by atoms with Crippen molar-refractivity contribution >= 4 is 0 Å². The Hall–Kier alpha value is -0.360. The molecule has 242 valence electrons. The van der Waals surface area contributed by atoms with Crippen molar-refractivity contribution in [2.75, 3.05) is 13.2 Å². The van der Waals surface area contributed by atoms with Crippen LogP contribution in [0, 0.1) is 52.3 Å². The summed E-state index contributed by atoms with van der Waals surface area (Å²) >= 11 is 0. The summed E-state index contributed by atoms with van der Waals surface area (Å²) in [5.74, 6) is 4.93. The van der Waals surface area contributed by atoms with Crippen molar-refractivity contribution in [3.8, 4) is 0 Å². The summed E-state index contributed by atoms with van der Waals surface area (Å²) in [4.78, 5) is 0. The van der Waals surface area contributed by atoms with Crippen LogP contribution in [0.1, 0.15) is 91.9 Å². The Morgan fingerprint density at radius 3 is 2.19 bits per heavy atom. The molecule has 0 aromatic heterocycles. The van der Waals surface area contributed by atoms with Crippen LogP contribution in [0.25, 0.3) is 0 Å². The first kappa shape index (κ1) is 31.6. The van der Waals surface area contributed by atoms with E-state index in [2.05, 4.69) is 32.4 Å². The van der Waals surface area contributed by atoms with E-state index in [9.17, 15) is 5.11 Å². The van der Waals surface area contributed by atoms with E-state index in [1.807, 2.05) is 0 Å². The molecule has 6 N–H and O–H groups in total. The Bertz CT molecular complexity index is 951. The highest BCUT2D eigenvalue weighted by Crippen LogP contribution is 2.71. The van der Waals surface area contributed by atoms with Gasteiger partial charge in [0.05, 0.1) is 25.4 Å². The lowest BCUT2D eigenvalue weighted by Crippen LogP contribution is -2.58. The predicted molar refractivity (Wildman–Crippen MR) is 154 cm³/mol. The SMILES string of the molecule is C[C@@H]1CC[C@@]2(OC1)O[C@H]1C[C@H]3[C@@H]4CC[C@H]5C[C@@H](O)CC[C@]5(C)[C@H]4CC[C@]3(C)[C@H]1[C@@H]2C.OC[C@H]1O[C@@H](O)[C@H](O)[C@@H](O)[C@H]1O. The van der Waals surface area contributed by atoms with Crippen LogP contribution in [0.2, 0.25) is 0 Å². The zero-order valence-electron chi connectivity index (χ0n) is 26.0. The van der Waals surface area contributed by atoms with Gasteiger partial charge in [0.15, 0.2) is 12.1 Å². The minimum absolute atomic E-state index is 0.0389. The van der Waals surface area contributed by atoms with Crippen LogP contribution in [-0.4, -0.2) is 92.6 Å². The van der Waals surface area contributed by atoms with E-state index in [0.717, 1.165) is 49.5 Å². The lowest BCUT2D eigenvalue weighted by atomic mass is 9.44. The molecule has 1 spiro atoms. The monoisotopic (exact) mass is 596 g/mol. The number of aliphatic hydroxyl groups is 6. The molecular formula is C33H56O9. The highest BCUT2D eigenvalue weighted by molar-refractivity contribution is 5.15. The second-order valence-corrected chi connectivity index (χ2v) is 15.8. The molecule has 0 aromatic rings. The molecular weight excluding hydrogens is 540 g/mol. The third-order valence-electron chi connectivity index (χ3n) is 13.8. The van der Waals surface area contributed by atoms with Crippen LogP contribution in [0.3, 0.4) is 0 Å². The molecule has 9 nitrogen and oxygen atoms in total. The van der Waals surface area contributed by atoms with Crippen LogP contribution in [0.15, 0.2) is 0 Å².